The lowest BCUT2D eigenvalue weighted by molar-refractivity contribution is 0.283. The largest absolute Gasteiger partial charge is 0.494 e. The lowest BCUT2D eigenvalue weighted by Gasteiger charge is -2.18. The maximum absolute atomic E-state index is 11.3. The van der Waals surface area contributed by atoms with E-state index in [0.29, 0.717) is 13.0 Å². The van der Waals surface area contributed by atoms with Gasteiger partial charge in [0.25, 0.3) is 0 Å². The standard InChI is InChI=1S/C16H27NO3S/c1-4-10-17-15(9-12-21(3,18)19)8-11-20-16-7-5-6-14(2)13-16/h5-7,13,15,17H,4,8-12H2,1-3H3. The predicted molar refractivity (Wildman–Crippen MR) is 87.7 cm³/mol. The summed E-state index contributed by atoms with van der Waals surface area (Å²) in [5.41, 5.74) is 1.17. The third kappa shape index (κ3) is 8.73. The summed E-state index contributed by atoms with van der Waals surface area (Å²) in [6.45, 7) is 5.63. The molecule has 0 heterocycles. The third-order valence-electron chi connectivity index (χ3n) is 3.24. The Hall–Kier alpha value is -1.07. The summed E-state index contributed by atoms with van der Waals surface area (Å²) >= 11 is 0. The maximum atomic E-state index is 11.3. The van der Waals surface area contributed by atoms with E-state index in [2.05, 4.69) is 12.2 Å². The average molecular weight is 313 g/mol. The number of aryl methyl sites for hydroxylation is 1. The summed E-state index contributed by atoms with van der Waals surface area (Å²) in [5, 5.41) is 3.40. The number of benzene rings is 1. The summed E-state index contributed by atoms with van der Waals surface area (Å²) in [5.74, 6) is 1.09. The van der Waals surface area contributed by atoms with Gasteiger partial charge in [0.1, 0.15) is 15.6 Å². The van der Waals surface area contributed by atoms with E-state index in [9.17, 15) is 8.42 Å². The maximum Gasteiger partial charge on any atom is 0.147 e. The second-order valence-corrected chi connectivity index (χ2v) is 7.78. The third-order valence-corrected chi connectivity index (χ3v) is 4.22. The molecule has 0 spiro atoms. The average Bonchev–Trinajstić information content (AvgIpc) is 2.40. The monoisotopic (exact) mass is 313 g/mol. The van der Waals surface area contributed by atoms with E-state index in [1.54, 1.807) is 0 Å². The van der Waals surface area contributed by atoms with E-state index in [-0.39, 0.29) is 11.8 Å². The molecule has 5 heteroatoms. The number of sulfone groups is 1. The van der Waals surface area contributed by atoms with Gasteiger partial charge in [0.05, 0.1) is 12.4 Å². The Bertz CT molecular complexity index is 514. The van der Waals surface area contributed by atoms with Crippen LogP contribution in [0.3, 0.4) is 0 Å². The van der Waals surface area contributed by atoms with Gasteiger partial charge >= 0.3 is 0 Å². The fraction of sp³-hybridized carbons (Fsp3) is 0.625. The van der Waals surface area contributed by atoms with Crippen LogP contribution in [-0.2, 0) is 9.84 Å². The Morgan fingerprint density at radius 2 is 2.05 bits per heavy atom. The van der Waals surface area contributed by atoms with Crippen molar-refractivity contribution < 1.29 is 13.2 Å². The topological polar surface area (TPSA) is 55.4 Å². The van der Waals surface area contributed by atoms with Crippen LogP contribution in [0.25, 0.3) is 0 Å². The molecule has 4 nitrogen and oxygen atoms in total. The number of nitrogens with one attached hydrogen (secondary N) is 1. The van der Waals surface area contributed by atoms with Crippen LogP contribution in [0.2, 0.25) is 0 Å². The Morgan fingerprint density at radius 3 is 2.67 bits per heavy atom. The number of hydrogen-bond donors (Lipinski definition) is 1. The van der Waals surface area contributed by atoms with E-state index in [4.69, 9.17) is 4.74 Å². The molecular weight excluding hydrogens is 286 g/mol. The van der Waals surface area contributed by atoms with Crippen molar-refractivity contribution in [1.29, 1.82) is 0 Å². The Kier molecular flexibility index (Phi) is 7.75. The normalized spacial score (nSPS) is 13.1. The SMILES string of the molecule is CCCNC(CCOc1cccc(C)c1)CCS(C)(=O)=O. The quantitative estimate of drug-likeness (QED) is 0.721. The minimum atomic E-state index is -2.91. The molecule has 0 saturated heterocycles. The Labute approximate surface area is 128 Å². The van der Waals surface area contributed by atoms with E-state index >= 15 is 0 Å². The van der Waals surface area contributed by atoms with E-state index in [0.717, 1.165) is 25.1 Å². The van der Waals surface area contributed by atoms with Crippen molar-refractivity contribution in [3.63, 3.8) is 0 Å². The van der Waals surface area contributed by atoms with Crippen LogP contribution in [0, 0.1) is 6.92 Å². The molecule has 0 saturated carbocycles. The highest BCUT2D eigenvalue weighted by Crippen LogP contribution is 2.13. The molecule has 1 N–H and O–H groups in total. The van der Waals surface area contributed by atoms with E-state index in [1.807, 2.05) is 31.2 Å². The molecule has 1 rings (SSSR count). The number of rotatable bonds is 10. The lowest BCUT2D eigenvalue weighted by atomic mass is 10.1. The molecule has 21 heavy (non-hydrogen) atoms. The van der Waals surface area contributed by atoms with Gasteiger partial charge in [0.15, 0.2) is 0 Å². The highest BCUT2D eigenvalue weighted by molar-refractivity contribution is 7.90. The predicted octanol–water partition coefficient (Wildman–Crippen LogP) is 2.57. The van der Waals surface area contributed by atoms with Crippen molar-refractivity contribution in [2.24, 2.45) is 0 Å². The second kappa shape index (κ2) is 9.05. The van der Waals surface area contributed by atoms with Crippen molar-refractivity contribution in [3.05, 3.63) is 29.8 Å². The van der Waals surface area contributed by atoms with Crippen molar-refractivity contribution in [3.8, 4) is 5.75 Å². The van der Waals surface area contributed by atoms with Gasteiger partial charge in [-0.3, -0.25) is 0 Å². The molecule has 0 aromatic heterocycles. The van der Waals surface area contributed by atoms with Gasteiger partial charge in [-0.15, -0.1) is 0 Å². The Morgan fingerprint density at radius 1 is 1.29 bits per heavy atom. The highest BCUT2D eigenvalue weighted by atomic mass is 32.2. The van der Waals surface area contributed by atoms with Gasteiger partial charge in [-0.1, -0.05) is 19.1 Å². The molecule has 1 aromatic rings. The molecule has 1 unspecified atom stereocenters. The molecule has 0 aliphatic rings. The van der Waals surface area contributed by atoms with Crippen molar-refractivity contribution in [2.45, 2.75) is 39.2 Å². The van der Waals surface area contributed by atoms with Crippen LogP contribution >= 0.6 is 0 Å². The van der Waals surface area contributed by atoms with Gasteiger partial charge in [-0.2, -0.15) is 0 Å². The second-order valence-electron chi connectivity index (χ2n) is 5.52. The summed E-state index contributed by atoms with van der Waals surface area (Å²) < 4.78 is 28.3. The molecule has 0 bridgehead atoms. The van der Waals surface area contributed by atoms with Gasteiger partial charge in [-0.05, 0) is 50.4 Å². The molecule has 0 fully saturated rings. The highest BCUT2D eigenvalue weighted by Gasteiger charge is 2.12. The molecular formula is C16H27NO3S. The summed E-state index contributed by atoms with van der Waals surface area (Å²) in [4.78, 5) is 0. The zero-order valence-corrected chi connectivity index (χ0v) is 14.1. The first-order valence-electron chi connectivity index (χ1n) is 7.51. The van der Waals surface area contributed by atoms with E-state index in [1.165, 1.54) is 11.8 Å². The summed E-state index contributed by atoms with van der Waals surface area (Å²) in [6, 6.07) is 8.14. The lowest BCUT2D eigenvalue weighted by Crippen LogP contribution is -2.33. The van der Waals surface area contributed by atoms with Crippen molar-refractivity contribution in [2.75, 3.05) is 25.2 Å². The van der Waals surface area contributed by atoms with Gasteiger partial charge in [0.2, 0.25) is 0 Å². The molecule has 1 atom stereocenters. The van der Waals surface area contributed by atoms with Gasteiger partial charge < -0.3 is 10.1 Å². The molecule has 0 amide bonds. The van der Waals surface area contributed by atoms with Crippen molar-refractivity contribution >= 4 is 9.84 Å². The molecule has 120 valence electrons. The molecule has 1 aromatic carbocycles. The van der Waals surface area contributed by atoms with E-state index < -0.39 is 9.84 Å². The fourth-order valence-electron chi connectivity index (χ4n) is 2.08. The smallest absolute Gasteiger partial charge is 0.147 e. The minimum absolute atomic E-state index is 0.185. The fourth-order valence-corrected chi connectivity index (χ4v) is 2.79. The zero-order chi connectivity index (χ0) is 15.7. The van der Waals surface area contributed by atoms with Crippen LogP contribution in [-0.4, -0.2) is 39.6 Å². The molecule has 0 aliphatic carbocycles. The van der Waals surface area contributed by atoms with Gasteiger partial charge in [0, 0.05) is 12.3 Å². The van der Waals surface area contributed by atoms with Crippen LogP contribution < -0.4 is 10.1 Å². The number of hydrogen-bond acceptors (Lipinski definition) is 4. The molecule has 0 aliphatic heterocycles. The van der Waals surface area contributed by atoms with Crippen molar-refractivity contribution in [1.82, 2.24) is 5.32 Å². The first kappa shape index (κ1) is 18.0. The first-order valence-corrected chi connectivity index (χ1v) is 9.57. The molecule has 0 radical (unpaired) electrons. The Balaban J connectivity index is 2.41. The van der Waals surface area contributed by atoms with Crippen LogP contribution in [0.4, 0.5) is 0 Å². The number of ether oxygens (including phenoxy) is 1. The zero-order valence-electron chi connectivity index (χ0n) is 13.3. The summed E-state index contributed by atoms with van der Waals surface area (Å²) in [7, 11) is -2.91. The summed E-state index contributed by atoms with van der Waals surface area (Å²) in [6.07, 6.45) is 3.76. The van der Waals surface area contributed by atoms with Crippen LogP contribution in [0.1, 0.15) is 31.7 Å². The van der Waals surface area contributed by atoms with Crippen LogP contribution in [0.5, 0.6) is 5.75 Å². The van der Waals surface area contributed by atoms with Crippen LogP contribution in [0.15, 0.2) is 24.3 Å². The minimum Gasteiger partial charge on any atom is -0.494 e. The first-order chi connectivity index (χ1) is 9.90. The van der Waals surface area contributed by atoms with Gasteiger partial charge in [-0.25, -0.2) is 8.42 Å².